The third-order valence-corrected chi connectivity index (χ3v) is 3.21. The molecule has 0 radical (unpaired) electrons. The Hall–Kier alpha value is -1.47. The molecular weight excluding hydrogens is 246 g/mol. The van der Waals surface area contributed by atoms with E-state index in [1.807, 2.05) is 0 Å². The first-order valence-corrected chi connectivity index (χ1v) is 6.68. The van der Waals surface area contributed by atoms with Gasteiger partial charge in [-0.1, -0.05) is 5.21 Å². The van der Waals surface area contributed by atoms with Gasteiger partial charge in [-0.05, 0) is 19.3 Å². The third kappa shape index (κ3) is 3.74. The number of nitrogens with two attached hydrogens (primary N) is 1. The maximum absolute atomic E-state index is 12.2. The predicted octanol–water partition coefficient (Wildman–Crippen LogP) is -0.122. The van der Waals surface area contributed by atoms with E-state index >= 15 is 0 Å². The molecule has 1 fully saturated rings. The molecule has 7 heteroatoms. The quantitative estimate of drug-likeness (QED) is 0.803. The second-order valence-corrected chi connectivity index (χ2v) is 4.83. The van der Waals surface area contributed by atoms with Crippen LogP contribution in [0, 0.1) is 0 Å². The number of likely N-dealkylation sites (N-methyl/N-ethyl adjacent to an activating group) is 1. The number of ether oxygens (including phenoxy) is 1. The summed E-state index contributed by atoms with van der Waals surface area (Å²) >= 11 is 0. The van der Waals surface area contributed by atoms with Crippen LogP contribution in [0.15, 0.2) is 6.20 Å². The Bertz CT molecular complexity index is 414. The van der Waals surface area contributed by atoms with Crippen molar-refractivity contribution in [2.75, 3.05) is 26.7 Å². The Morgan fingerprint density at radius 1 is 1.63 bits per heavy atom. The van der Waals surface area contributed by atoms with Crippen molar-refractivity contribution >= 4 is 5.91 Å². The summed E-state index contributed by atoms with van der Waals surface area (Å²) in [6, 6.07) is 0. The van der Waals surface area contributed by atoms with E-state index in [1.54, 1.807) is 22.8 Å². The number of rotatable bonds is 5. The molecule has 7 nitrogen and oxygen atoms in total. The first kappa shape index (κ1) is 14.0. The van der Waals surface area contributed by atoms with Gasteiger partial charge in [0.2, 0.25) is 0 Å². The molecule has 1 atom stereocenters. The number of nitrogens with zero attached hydrogens (tertiary/aromatic N) is 4. The minimum absolute atomic E-state index is 0.127. The van der Waals surface area contributed by atoms with Gasteiger partial charge in [0.15, 0.2) is 5.69 Å². The molecule has 1 aromatic heterocycles. The van der Waals surface area contributed by atoms with E-state index in [9.17, 15) is 4.79 Å². The van der Waals surface area contributed by atoms with Gasteiger partial charge in [0.05, 0.1) is 18.8 Å². The zero-order valence-corrected chi connectivity index (χ0v) is 11.3. The number of carbonyl (C=O) groups is 1. The molecule has 1 amide bonds. The summed E-state index contributed by atoms with van der Waals surface area (Å²) in [7, 11) is 1.77. The van der Waals surface area contributed by atoms with Crippen molar-refractivity contribution in [3.63, 3.8) is 0 Å². The van der Waals surface area contributed by atoms with Gasteiger partial charge in [-0.2, -0.15) is 0 Å². The average molecular weight is 267 g/mol. The van der Waals surface area contributed by atoms with Gasteiger partial charge in [0.25, 0.3) is 5.91 Å². The molecule has 0 saturated carbocycles. The molecule has 1 aliphatic heterocycles. The van der Waals surface area contributed by atoms with Crippen molar-refractivity contribution in [2.45, 2.75) is 31.9 Å². The van der Waals surface area contributed by atoms with E-state index in [-0.39, 0.29) is 12.0 Å². The highest BCUT2D eigenvalue weighted by atomic mass is 16.5. The maximum atomic E-state index is 12.2. The lowest BCUT2D eigenvalue weighted by Crippen LogP contribution is -2.37. The van der Waals surface area contributed by atoms with Crippen LogP contribution in [0.1, 0.15) is 29.8 Å². The Balaban J connectivity index is 1.89. The molecule has 19 heavy (non-hydrogen) atoms. The largest absolute Gasteiger partial charge is 0.376 e. The molecule has 1 saturated heterocycles. The van der Waals surface area contributed by atoms with E-state index in [4.69, 9.17) is 10.5 Å². The molecule has 106 valence electrons. The van der Waals surface area contributed by atoms with Crippen LogP contribution in [-0.2, 0) is 11.3 Å². The fourth-order valence-corrected chi connectivity index (χ4v) is 2.17. The zero-order chi connectivity index (χ0) is 13.7. The normalized spacial score (nSPS) is 19.4. The van der Waals surface area contributed by atoms with Crippen molar-refractivity contribution in [1.82, 2.24) is 19.9 Å². The molecule has 2 N–H and O–H groups in total. The minimum atomic E-state index is -0.127. The summed E-state index contributed by atoms with van der Waals surface area (Å²) in [5.74, 6) is -0.127. The van der Waals surface area contributed by atoms with Crippen LogP contribution in [-0.4, -0.2) is 58.6 Å². The molecule has 0 bridgehead atoms. The van der Waals surface area contributed by atoms with Crippen molar-refractivity contribution in [3.05, 3.63) is 11.9 Å². The van der Waals surface area contributed by atoms with Crippen LogP contribution in [0.4, 0.5) is 0 Å². The highest BCUT2D eigenvalue weighted by Crippen LogP contribution is 2.14. The Morgan fingerprint density at radius 3 is 3.16 bits per heavy atom. The molecule has 1 unspecified atom stereocenters. The molecule has 0 aliphatic carbocycles. The van der Waals surface area contributed by atoms with Crippen LogP contribution in [0.3, 0.4) is 0 Å². The SMILES string of the molecule is CN(CC1CCCCO1)C(=O)c1cn(CCN)nn1. The predicted molar refractivity (Wildman–Crippen MR) is 69.6 cm³/mol. The Labute approximate surface area is 112 Å². The minimum Gasteiger partial charge on any atom is -0.376 e. The zero-order valence-electron chi connectivity index (χ0n) is 11.3. The van der Waals surface area contributed by atoms with Crippen molar-refractivity contribution in [2.24, 2.45) is 5.73 Å². The Morgan fingerprint density at radius 2 is 2.47 bits per heavy atom. The van der Waals surface area contributed by atoms with Crippen LogP contribution in [0.25, 0.3) is 0 Å². The van der Waals surface area contributed by atoms with Gasteiger partial charge in [-0.25, -0.2) is 0 Å². The van der Waals surface area contributed by atoms with E-state index in [1.165, 1.54) is 6.42 Å². The fraction of sp³-hybridized carbons (Fsp3) is 0.750. The van der Waals surface area contributed by atoms with Gasteiger partial charge in [-0.3, -0.25) is 9.48 Å². The molecule has 2 rings (SSSR count). The van der Waals surface area contributed by atoms with Crippen molar-refractivity contribution < 1.29 is 9.53 Å². The van der Waals surface area contributed by atoms with Crippen LogP contribution in [0.2, 0.25) is 0 Å². The number of hydrogen-bond donors (Lipinski definition) is 1. The number of hydrogen-bond acceptors (Lipinski definition) is 5. The smallest absolute Gasteiger partial charge is 0.275 e. The van der Waals surface area contributed by atoms with Crippen molar-refractivity contribution in [1.29, 1.82) is 0 Å². The first-order valence-electron chi connectivity index (χ1n) is 6.68. The molecule has 2 heterocycles. The lowest BCUT2D eigenvalue weighted by Gasteiger charge is -2.26. The molecule has 0 aromatic carbocycles. The summed E-state index contributed by atoms with van der Waals surface area (Å²) in [5.41, 5.74) is 5.78. The van der Waals surface area contributed by atoms with E-state index in [0.29, 0.717) is 25.3 Å². The summed E-state index contributed by atoms with van der Waals surface area (Å²) in [6.45, 7) is 2.43. The summed E-state index contributed by atoms with van der Waals surface area (Å²) < 4.78 is 7.21. The summed E-state index contributed by atoms with van der Waals surface area (Å²) in [4.78, 5) is 13.8. The fourth-order valence-electron chi connectivity index (χ4n) is 2.17. The second kappa shape index (κ2) is 6.63. The van der Waals surface area contributed by atoms with E-state index in [0.717, 1.165) is 19.4 Å². The number of amides is 1. The van der Waals surface area contributed by atoms with Crippen LogP contribution < -0.4 is 5.73 Å². The maximum Gasteiger partial charge on any atom is 0.275 e. The summed E-state index contributed by atoms with van der Waals surface area (Å²) in [5, 5.41) is 7.74. The van der Waals surface area contributed by atoms with Gasteiger partial charge >= 0.3 is 0 Å². The summed E-state index contributed by atoms with van der Waals surface area (Å²) in [6.07, 6.45) is 5.06. The molecular formula is C12H21N5O2. The lowest BCUT2D eigenvalue weighted by molar-refractivity contribution is -0.000293. The number of aromatic nitrogens is 3. The number of carbonyl (C=O) groups excluding carboxylic acids is 1. The highest BCUT2D eigenvalue weighted by Gasteiger charge is 2.21. The molecule has 1 aliphatic rings. The second-order valence-electron chi connectivity index (χ2n) is 4.83. The lowest BCUT2D eigenvalue weighted by atomic mass is 10.1. The third-order valence-electron chi connectivity index (χ3n) is 3.21. The van der Waals surface area contributed by atoms with E-state index in [2.05, 4.69) is 10.3 Å². The van der Waals surface area contributed by atoms with Gasteiger partial charge in [0.1, 0.15) is 0 Å². The average Bonchev–Trinajstić information content (AvgIpc) is 2.88. The van der Waals surface area contributed by atoms with Crippen LogP contribution >= 0.6 is 0 Å². The molecule has 0 spiro atoms. The first-order chi connectivity index (χ1) is 9.20. The van der Waals surface area contributed by atoms with E-state index < -0.39 is 0 Å². The van der Waals surface area contributed by atoms with Crippen molar-refractivity contribution in [3.8, 4) is 0 Å². The van der Waals surface area contributed by atoms with Crippen LogP contribution in [0.5, 0.6) is 0 Å². The van der Waals surface area contributed by atoms with Gasteiger partial charge in [-0.15, -0.1) is 5.10 Å². The standard InChI is InChI=1S/C12H21N5O2/c1-16(8-10-4-2-3-7-19-10)12(18)11-9-17(6-5-13)15-14-11/h9-10H,2-8,13H2,1H3. The topological polar surface area (TPSA) is 86.3 Å². The van der Waals surface area contributed by atoms with Gasteiger partial charge < -0.3 is 15.4 Å². The monoisotopic (exact) mass is 267 g/mol. The van der Waals surface area contributed by atoms with Gasteiger partial charge in [0, 0.05) is 26.7 Å². The Kier molecular flexibility index (Phi) is 4.86. The highest BCUT2D eigenvalue weighted by molar-refractivity contribution is 5.91. The molecule has 1 aromatic rings.